The topological polar surface area (TPSA) is 51.2 Å². The standard InChI is InChI=1S/C14H9F3N2O2S2/c1-7-4-5-22-11(7)12(20)19-13-18-9-3-2-8(6-10(9)23-13)21-14(15,16)17/h2-6H,1H3,(H,18,19,20). The van der Waals surface area contributed by atoms with E-state index in [2.05, 4.69) is 15.0 Å². The van der Waals surface area contributed by atoms with E-state index in [-0.39, 0.29) is 11.7 Å². The fraction of sp³-hybridized carbons (Fsp3) is 0.143. The maximum atomic E-state index is 12.2. The van der Waals surface area contributed by atoms with Gasteiger partial charge in [-0.15, -0.1) is 24.5 Å². The normalized spacial score (nSPS) is 11.7. The van der Waals surface area contributed by atoms with E-state index < -0.39 is 6.36 Å². The summed E-state index contributed by atoms with van der Waals surface area (Å²) in [5.41, 5.74) is 1.34. The van der Waals surface area contributed by atoms with Crippen molar-refractivity contribution >= 4 is 43.9 Å². The van der Waals surface area contributed by atoms with Crippen molar-refractivity contribution in [2.45, 2.75) is 13.3 Å². The first-order valence-corrected chi connectivity index (χ1v) is 8.03. The number of hydrogen-bond donors (Lipinski definition) is 1. The predicted molar refractivity (Wildman–Crippen MR) is 83.3 cm³/mol. The van der Waals surface area contributed by atoms with Gasteiger partial charge in [-0.05, 0) is 36.1 Å². The Morgan fingerprint density at radius 1 is 1.30 bits per heavy atom. The number of aromatic nitrogens is 1. The van der Waals surface area contributed by atoms with Crippen LogP contribution in [0.15, 0.2) is 29.6 Å². The molecule has 1 amide bonds. The van der Waals surface area contributed by atoms with Gasteiger partial charge in [0.1, 0.15) is 5.75 Å². The van der Waals surface area contributed by atoms with Gasteiger partial charge in [-0.3, -0.25) is 10.1 Å². The molecule has 4 nitrogen and oxygen atoms in total. The first-order chi connectivity index (χ1) is 10.8. The average molecular weight is 358 g/mol. The molecule has 120 valence electrons. The third-order valence-corrected chi connectivity index (χ3v) is 4.83. The van der Waals surface area contributed by atoms with Gasteiger partial charge < -0.3 is 4.74 Å². The zero-order chi connectivity index (χ0) is 16.6. The second-order valence-corrected chi connectivity index (χ2v) is 6.53. The average Bonchev–Trinajstić information content (AvgIpc) is 3.01. The van der Waals surface area contributed by atoms with Gasteiger partial charge in [-0.25, -0.2) is 4.98 Å². The monoisotopic (exact) mass is 358 g/mol. The number of carbonyl (C=O) groups excluding carboxylic acids is 1. The number of benzene rings is 1. The van der Waals surface area contributed by atoms with Gasteiger partial charge in [0.2, 0.25) is 0 Å². The Balaban J connectivity index is 1.83. The third-order valence-electron chi connectivity index (χ3n) is 2.88. The van der Waals surface area contributed by atoms with Gasteiger partial charge in [0, 0.05) is 6.07 Å². The second-order valence-electron chi connectivity index (χ2n) is 4.58. The van der Waals surface area contributed by atoms with Crippen LogP contribution in [0.5, 0.6) is 5.75 Å². The zero-order valence-electron chi connectivity index (χ0n) is 11.6. The number of amides is 1. The Hall–Kier alpha value is -2.13. The first-order valence-electron chi connectivity index (χ1n) is 6.33. The van der Waals surface area contributed by atoms with Crippen LogP contribution in [-0.4, -0.2) is 17.3 Å². The molecule has 3 aromatic rings. The van der Waals surface area contributed by atoms with Crippen LogP contribution in [0.25, 0.3) is 10.2 Å². The number of fused-ring (bicyclic) bond motifs is 1. The summed E-state index contributed by atoms with van der Waals surface area (Å²) in [4.78, 5) is 16.9. The number of thiazole rings is 1. The Bertz CT molecular complexity index is 870. The fourth-order valence-electron chi connectivity index (χ4n) is 1.91. The molecule has 0 bridgehead atoms. The number of alkyl halides is 3. The lowest BCUT2D eigenvalue weighted by Gasteiger charge is -2.07. The first kappa shape index (κ1) is 15.8. The van der Waals surface area contributed by atoms with Crippen molar-refractivity contribution < 1.29 is 22.7 Å². The Kier molecular flexibility index (Phi) is 3.99. The minimum Gasteiger partial charge on any atom is -0.406 e. The molecule has 0 saturated heterocycles. The van der Waals surface area contributed by atoms with Crippen LogP contribution in [-0.2, 0) is 0 Å². The molecular weight excluding hydrogens is 349 g/mol. The van der Waals surface area contributed by atoms with Gasteiger partial charge in [0.05, 0.1) is 15.1 Å². The highest BCUT2D eigenvalue weighted by Gasteiger charge is 2.31. The van der Waals surface area contributed by atoms with Crippen molar-refractivity contribution in [3.63, 3.8) is 0 Å². The van der Waals surface area contributed by atoms with Crippen LogP contribution in [0.4, 0.5) is 18.3 Å². The molecule has 0 aliphatic heterocycles. The largest absolute Gasteiger partial charge is 0.573 e. The maximum absolute atomic E-state index is 12.2. The molecule has 2 heterocycles. The lowest BCUT2D eigenvalue weighted by molar-refractivity contribution is -0.274. The van der Waals surface area contributed by atoms with E-state index in [4.69, 9.17) is 0 Å². The molecule has 0 aliphatic carbocycles. The van der Waals surface area contributed by atoms with Gasteiger partial charge in [0.25, 0.3) is 5.91 Å². The molecule has 0 unspecified atom stereocenters. The molecule has 0 fully saturated rings. The Morgan fingerprint density at radius 3 is 2.74 bits per heavy atom. The molecule has 0 saturated carbocycles. The molecule has 3 rings (SSSR count). The van der Waals surface area contributed by atoms with Crippen LogP contribution >= 0.6 is 22.7 Å². The lowest BCUT2D eigenvalue weighted by Crippen LogP contribution is -2.16. The lowest BCUT2D eigenvalue weighted by atomic mass is 10.3. The molecule has 9 heteroatoms. The summed E-state index contributed by atoms with van der Waals surface area (Å²) in [5, 5.41) is 4.79. The third kappa shape index (κ3) is 3.62. The van der Waals surface area contributed by atoms with E-state index in [1.165, 1.54) is 29.5 Å². The van der Waals surface area contributed by atoms with Crippen LogP contribution in [0, 0.1) is 6.92 Å². The Labute approximate surface area is 136 Å². The molecular formula is C14H9F3N2O2S2. The van der Waals surface area contributed by atoms with Gasteiger partial charge in [-0.1, -0.05) is 11.3 Å². The molecule has 23 heavy (non-hydrogen) atoms. The van der Waals surface area contributed by atoms with Gasteiger partial charge in [-0.2, -0.15) is 0 Å². The molecule has 2 aromatic heterocycles. The summed E-state index contributed by atoms with van der Waals surface area (Å²) in [6.45, 7) is 1.82. The number of halogens is 3. The second kappa shape index (κ2) is 5.82. The number of rotatable bonds is 3. The van der Waals surface area contributed by atoms with Crippen molar-refractivity contribution in [2.24, 2.45) is 0 Å². The summed E-state index contributed by atoms with van der Waals surface area (Å²) in [7, 11) is 0. The van der Waals surface area contributed by atoms with E-state index in [0.717, 1.165) is 16.9 Å². The summed E-state index contributed by atoms with van der Waals surface area (Å²) < 4.78 is 41.0. The van der Waals surface area contributed by atoms with E-state index in [1.54, 1.807) is 0 Å². The smallest absolute Gasteiger partial charge is 0.406 e. The number of anilines is 1. The van der Waals surface area contributed by atoms with Crippen LogP contribution in [0.2, 0.25) is 0 Å². The molecule has 1 aromatic carbocycles. The molecule has 0 atom stereocenters. The minimum atomic E-state index is -4.74. The zero-order valence-corrected chi connectivity index (χ0v) is 13.2. The maximum Gasteiger partial charge on any atom is 0.573 e. The van der Waals surface area contributed by atoms with Crippen molar-refractivity contribution in [1.29, 1.82) is 0 Å². The summed E-state index contributed by atoms with van der Waals surface area (Å²) >= 11 is 2.40. The van der Waals surface area contributed by atoms with Crippen molar-refractivity contribution in [3.8, 4) is 5.75 Å². The predicted octanol–water partition coefficient (Wildman–Crippen LogP) is 4.82. The van der Waals surface area contributed by atoms with Gasteiger partial charge in [0.15, 0.2) is 5.13 Å². The number of aryl methyl sites for hydroxylation is 1. The highest BCUT2D eigenvalue weighted by atomic mass is 32.1. The minimum absolute atomic E-state index is 0.289. The number of hydrogen-bond acceptors (Lipinski definition) is 5. The van der Waals surface area contributed by atoms with Crippen molar-refractivity contribution in [3.05, 3.63) is 40.1 Å². The van der Waals surface area contributed by atoms with Crippen LogP contribution < -0.4 is 10.1 Å². The summed E-state index contributed by atoms with van der Waals surface area (Å²) in [6.07, 6.45) is -4.74. The highest BCUT2D eigenvalue weighted by Crippen LogP contribution is 2.32. The molecule has 0 spiro atoms. The van der Waals surface area contributed by atoms with Gasteiger partial charge >= 0.3 is 6.36 Å². The van der Waals surface area contributed by atoms with E-state index in [9.17, 15) is 18.0 Å². The molecule has 0 aliphatic rings. The van der Waals surface area contributed by atoms with Crippen LogP contribution in [0.3, 0.4) is 0 Å². The number of nitrogens with zero attached hydrogens (tertiary/aromatic N) is 1. The van der Waals surface area contributed by atoms with Crippen molar-refractivity contribution in [2.75, 3.05) is 5.32 Å². The van der Waals surface area contributed by atoms with E-state index in [1.807, 2.05) is 18.4 Å². The fourth-order valence-corrected chi connectivity index (χ4v) is 3.62. The van der Waals surface area contributed by atoms with E-state index in [0.29, 0.717) is 20.2 Å². The molecule has 0 radical (unpaired) electrons. The van der Waals surface area contributed by atoms with Crippen molar-refractivity contribution in [1.82, 2.24) is 4.98 Å². The quantitative estimate of drug-likeness (QED) is 0.730. The van der Waals surface area contributed by atoms with Crippen LogP contribution in [0.1, 0.15) is 15.2 Å². The van der Waals surface area contributed by atoms with E-state index >= 15 is 0 Å². The number of carbonyl (C=O) groups is 1. The SMILES string of the molecule is Cc1ccsc1C(=O)Nc1nc2ccc(OC(F)(F)F)cc2s1. The Morgan fingerprint density at radius 2 is 2.09 bits per heavy atom. The number of ether oxygens (including phenoxy) is 1. The number of thiophene rings is 1. The summed E-state index contributed by atoms with van der Waals surface area (Å²) in [6, 6.07) is 5.68. The summed E-state index contributed by atoms with van der Waals surface area (Å²) in [5.74, 6) is -0.607. The number of nitrogens with one attached hydrogen (secondary N) is 1. The highest BCUT2D eigenvalue weighted by molar-refractivity contribution is 7.22. The molecule has 1 N–H and O–H groups in total.